The Labute approximate surface area is 146 Å². The molecule has 3 rings (SSSR count). The Hall–Kier alpha value is -2.45. The first kappa shape index (κ1) is 16.4. The van der Waals surface area contributed by atoms with Gasteiger partial charge in [-0.2, -0.15) is 5.26 Å². The van der Waals surface area contributed by atoms with E-state index in [9.17, 15) is 5.26 Å². The van der Waals surface area contributed by atoms with Crippen molar-refractivity contribution in [1.82, 2.24) is 9.55 Å². The standard InChI is InChI=1S/C19H20N4S/c1-10-6-7-16(24-5)12(3)17(10)23-18(21)15(9-20)14-8-11(2)13(4)22-19(14)23/h6-8H,21H2,1-5H3. The third kappa shape index (κ3) is 2.26. The van der Waals surface area contributed by atoms with E-state index in [0.717, 1.165) is 39.1 Å². The van der Waals surface area contributed by atoms with Crippen molar-refractivity contribution >= 4 is 28.6 Å². The van der Waals surface area contributed by atoms with Crippen molar-refractivity contribution in [3.8, 4) is 11.8 Å². The van der Waals surface area contributed by atoms with Gasteiger partial charge in [0.15, 0.2) is 0 Å². The summed E-state index contributed by atoms with van der Waals surface area (Å²) in [5.41, 5.74) is 12.9. The fourth-order valence-corrected chi connectivity index (χ4v) is 3.74. The number of aromatic nitrogens is 2. The number of nitriles is 1. The lowest BCUT2D eigenvalue weighted by Gasteiger charge is -2.16. The second-order valence-corrected chi connectivity index (χ2v) is 6.88. The summed E-state index contributed by atoms with van der Waals surface area (Å²) in [5.74, 6) is 0.453. The Morgan fingerprint density at radius 1 is 1.17 bits per heavy atom. The zero-order chi connectivity index (χ0) is 17.6. The van der Waals surface area contributed by atoms with E-state index in [1.165, 1.54) is 4.90 Å². The number of nitrogens with zero attached hydrogens (tertiary/aromatic N) is 3. The van der Waals surface area contributed by atoms with Gasteiger partial charge in [-0.25, -0.2) is 4.98 Å². The molecule has 0 saturated heterocycles. The van der Waals surface area contributed by atoms with Gasteiger partial charge in [0.25, 0.3) is 0 Å². The zero-order valence-electron chi connectivity index (χ0n) is 14.6. The van der Waals surface area contributed by atoms with E-state index in [-0.39, 0.29) is 0 Å². The normalized spacial score (nSPS) is 11.0. The average Bonchev–Trinajstić information content (AvgIpc) is 2.80. The highest BCUT2D eigenvalue weighted by Crippen LogP contribution is 2.36. The number of aryl methyl sites for hydroxylation is 3. The van der Waals surface area contributed by atoms with Gasteiger partial charge in [-0.05, 0) is 62.8 Å². The smallest absolute Gasteiger partial charge is 0.147 e. The van der Waals surface area contributed by atoms with Crippen molar-refractivity contribution in [3.63, 3.8) is 0 Å². The number of thioether (sulfide) groups is 1. The molecule has 3 aromatic rings. The molecule has 0 saturated carbocycles. The molecule has 0 spiro atoms. The lowest BCUT2D eigenvalue weighted by Crippen LogP contribution is -2.06. The molecular formula is C19H20N4S. The molecule has 0 aliphatic rings. The molecule has 122 valence electrons. The summed E-state index contributed by atoms with van der Waals surface area (Å²) in [6.07, 6.45) is 2.06. The fourth-order valence-electron chi connectivity index (χ4n) is 3.14. The van der Waals surface area contributed by atoms with Crippen LogP contribution in [0.3, 0.4) is 0 Å². The number of rotatable bonds is 2. The van der Waals surface area contributed by atoms with E-state index in [4.69, 9.17) is 10.7 Å². The Kier molecular flexibility index (Phi) is 4.02. The number of pyridine rings is 1. The number of hydrogen-bond acceptors (Lipinski definition) is 4. The highest BCUT2D eigenvalue weighted by molar-refractivity contribution is 7.98. The van der Waals surface area contributed by atoms with Gasteiger partial charge < -0.3 is 5.73 Å². The fraction of sp³-hybridized carbons (Fsp3) is 0.263. The third-order valence-corrected chi connectivity index (χ3v) is 5.44. The van der Waals surface area contributed by atoms with E-state index >= 15 is 0 Å². The van der Waals surface area contributed by atoms with Crippen molar-refractivity contribution in [1.29, 1.82) is 5.26 Å². The van der Waals surface area contributed by atoms with Crippen molar-refractivity contribution in [2.75, 3.05) is 12.0 Å². The summed E-state index contributed by atoms with van der Waals surface area (Å²) < 4.78 is 1.94. The number of anilines is 1. The first-order chi connectivity index (χ1) is 11.4. The predicted octanol–water partition coefficient (Wildman–Crippen LogP) is 4.43. The molecule has 2 heterocycles. The van der Waals surface area contributed by atoms with Crippen molar-refractivity contribution in [2.45, 2.75) is 32.6 Å². The van der Waals surface area contributed by atoms with E-state index in [1.807, 2.05) is 24.5 Å². The van der Waals surface area contributed by atoms with E-state index < -0.39 is 0 Å². The molecule has 4 nitrogen and oxygen atoms in total. The van der Waals surface area contributed by atoms with Crippen LogP contribution in [0.1, 0.15) is 27.9 Å². The van der Waals surface area contributed by atoms with Gasteiger partial charge in [0.05, 0.1) is 5.69 Å². The Morgan fingerprint density at radius 3 is 2.50 bits per heavy atom. The quantitative estimate of drug-likeness (QED) is 0.703. The van der Waals surface area contributed by atoms with Gasteiger partial charge >= 0.3 is 0 Å². The van der Waals surface area contributed by atoms with E-state index in [1.54, 1.807) is 11.8 Å². The SMILES string of the molecule is CSc1ccc(C)c(-n2c(N)c(C#N)c3cc(C)c(C)nc32)c1C. The number of nitrogen functional groups attached to an aromatic ring is 1. The van der Waals surface area contributed by atoms with Crippen molar-refractivity contribution in [2.24, 2.45) is 0 Å². The molecule has 1 aromatic carbocycles. The second kappa shape index (κ2) is 5.88. The minimum atomic E-state index is 0.453. The summed E-state index contributed by atoms with van der Waals surface area (Å²) in [6, 6.07) is 8.47. The summed E-state index contributed by atoms with van der Waals surface area (Å²) in [5, 5.41) is 10.4. The van der Waals surface area contributed by atoms with Crippen LogP contribution in [0.2, 0.25) is 0 Å². The van der Waals surface area contributed by atoms with Gasteiger partial charge in [0.1, 0.15) is 23.1 Å². The predicted molar refractivity (Wildman–Crippen MR) is 101 cm³/mol. The van der Waals surface area contributed by atoms with Crippen LogP contribution in [0.15, 0.2) is 23.1 Å². The van der Waals surface area contributed by atoms with Crippen LogP contribution >= 0.6 is 11.8 Å². The molecular weight excluding hydrogens is 316 g/mol. The molecule has 0 radical (unpaired) electrons. The van der Waals surface area contributed by atoms with Crippen LogP contribution in [0.5, 0.6) is 0 Å². The molecule has 0 unspecified atom stereocenters. The minimum Gasteiger partial charge on any atom is -0.384 e. The lowest BCUT2D eigenvalue weighted by atomic mass is 10.1. The van der Waals surface area contributed by atoms with Crippen LogP contribution in [0, 0.1) is 39.0 Å². The largest absolute Gasteiger partial charge is 0.384 e. The van der Waals surface area contributed by atoms with Gasteiger partial charge in [-0.15, -0.1) is 11.8 Å². The zero-order valence-corrected chi connectivity index (χ0v) is 15.4. The topological polar surface area (TPSA) is 67.6 Å². The number of benzene rings is 1. The molecule has 0 amide bonds. The molecule has 24 heavy (non-hydrogen) atoms. The minimum absolute atomic E-state index is 0.453. The summed E-state index contributed by atoms with van der Waals surface area (Å²) in [4.78, 5) is 5.94. The maximum Gasteiger partial charge on any atom is 0.147 e. The maximum atomic E-state index is 9.60. The molecule has 0 fully saturated rings. The molecule has 5 heteroatoms. The highest BCUT2D eigenvalue weighted by atomic mass is 32.2. The van der Waals surface area contributed by atoms with Crippen LogP contribution in [-0.2, 0) is 0 Å². The number of hydrogen-bond donors (Lipinski definition) is 1. The van der Waals surface area contributed by atoms with Crippen molar-refractivity contribution in [3.05, 3.63) is 46.1 Å². The molecule has 0 aliphatic heterocycles. The highest BCUT2D eigenvalue weighted by Gasteiger charge is 2.21. The third-order valence-electron chi connectivity index (χ3n) is 4.56. The number of fused-ring (bicyclic) bond motifs is 1. The van der Waals surface area contributed by atoms with Gasteiger partial charge in [0.2, 0.25) is 0 Å². The van der Waals surface area contributed by atoms with Crippen LogP contribution < -0.4 is 5.73 Å². The molecule has 2 aromatic heterocycles. The van der Waals surface area contributed by atoms with Crippen LogP contribution in [0.4, 0.5) is 5.82 Å². The summed E-state index contributed by atoms with van der Waals surface area (Å²) in [6.45, 7) is 8.13. The van der Waals surface area contributed by atoms with Gasteiger partial charge in [-0.3, -0.25) is 4.57 Å². The number of nitrogens with two attached hydrogens (primary N) is 1. The van der Waals surface area contributed by atoms with E-state index in [0.29, 0.717) is 11.4 Å². The Balaban J connectivity index is 2.51. The van der Waals surface area contributed by atoms with E-state index in [2.05, 4.69) is 38.3 Å². The summed E-state index contributed by atoms with van der Waals surface area (Å²) in [7, 11) is 0. The first-order valence-electron chi connectivity index (χ1n) is 7.73. The molecule has 0 atom stereocenters. The molecule has 2 N–H and O–H groups in total. The Morgan fingerprint density at radius 2 is 1.88 bits per heavy atom. The van der Waals surface area contributed by atoms with Crippen molar-refractivity contribution < 1.29 is 0 Å². The van der Waals surface area contributed by atoms with Crippen LogP contribution in [0.25, 0.3) is 16.7 Å². The average molecular weight is 336 g/mol. The van der Waals surface area contributed by atoms with Gasteiger partial charge in [-0.1, -0.05) is 6.07 Å². The van der Waals surface area contributed by atoms with Gasteiger partial charge in [0, 0.05) is 16.0 Å². The first-order valence-corrected chi connectivity index (χ1v) is 8.96. The molecule has 0 bridgehead atoms. The maximum absolute atomic E-state index is 9.60. The Bertz CT molecular complexity index is 1010. The lowest BCUT2D eigenvalue weighted by molar-refractivity contribution is 1.03. The summed E-state index contributed by atoms with van der Waals surface area (Å²) >= 11 is 1.70. The van der Waals surface area contributed by atoms with Crippen LogP contribution in [-0.4, -0.2) is 15.8 Å². The second-order valence-electron chi connectivity index (χ2n) is 6.03. The monoisotopic (exact) mass is 336 g/mol. The molecule has 0 aliphatic carbocycles.